The van der Waals surface area contributed by atoms with E-state index in [-0.39, 0.29) is 23.8 Å². The van der Waals surface area contributed by atoms with Crippen LogP contribution >= 0.6 is 0 Å². The summed E-state index contributed by atoms with van der Waals surface area (Å²) in [4.78, 5) is 36.4. The van der Waals surface area contributed by atoms with Gasteiger partial charge in [-0.05, 0) is 37.8 Å². The molecule has 0 unspecified atom stereocenters. The van der Waals surface area contributed by atoms with Crippen LogP contribution in [0.4, 0.5) is 5.82 Å². The van der Waals surface area contributed by atoms with Gasteiger partial charge in [0.2, 0.25) is 5.91 Å². The number of amides is 1. The molecule has 0 bridgehead atoms. The van der Waals surface area contributed by atoms with E-state index in [9.17, 15) is 14.9 Å². The zero-order valence-electron chi connectivity index (χ0n) is 17.7. The van der Waals surface area contributed by atoms with Crippen molar-refractivity contribution in [2.75, 3.05) is 25.1 Å². The molecule has 2 aromatic rings. The second-order valence-electron chi connectivity index (χ2n) is 8.26. The summed E-state index contributed by atoms with van der Waals surface area (Å²) in [5.74, 6) is -1.14. The van der Waals surface area contributed by atoms with Crippen LogP contribution in [-0.4, -0.2) is 48.1 Å². The quantitative estimate of drug-likeness (QED) is 0.740. The molecule has 1 aromatic heterocycles. The van der Waals surface area contributed by atoms with Crippen LogP contribution in [0.1, 0.15) is 50.1 Å². The number of aromatic nitrogens is 2. The van der Waals surface area contributed by atoms with Crippen molar-refractivity contribution in [2.24, 2.45) is 5.92 Å². The van der Waals surface area contributed by atoms with Gasteiger partial charge >= 0.3 is 5.97 Å². The predicted molar refractivity (Wildman–Crippen MR) is 115 cm³/mol. The highest BCUT2D eigenvalue weighted by Gasteiger charge is 2.33. The molecule has 0 radical (unpaired) electrons. The number of anilines is 1. The van der Waals surface area contributed by atoms with Crippen LogP contribution in [0.5, 0.6) is 0 Å². The van der Waals surface area contributed by atoms with E-state index in [4.69, 9.17) is 14.7 Å². The summed E-state index contributed by atoms with van der Waals surface area (Å²) in [5, 5.41) is 12.9. The summed E-state index contributed by atoms with van der Waals surface area (Å²) >= 11 is 0. The molecule has 2 heterocycles. The predicted octanol–water partition coefficient (Wildman–Crippen LogP) is 2.69. The summed E-state index contributed by atoms with van der Waals surface area (Å²) in [6.45, 7) is 1.17. The largest absolute Gasteiger partial charge is 0.469 e. The van der Waals surface area contributed by atoms with E-state index < -0.39 is 5.92 Å². The molecular weight excluding hydrogens is 394 g/mol. The van der Waals surface area contributed by atoms with Gasteiger partial charge in [0.25, 0.3) is 0 Å². The van der Waals surface area contributed by atoms with Gasteiger partial charge in [-0.15, -0.1) is 0 Å². The number of fused-ring (bicyclic) bond motifs is 1. The highest BCUT2D eigenvalue weighted by atomic mass is 16.5. The Bertz CT molecular complexity index is 1000. The van der Waals surface area contributed by atoms with Gasteiger partial charge in [-0.1, -0.05) is 25.0 Å². The van der Waals surface area contributed by atoms with Crippen LogP contribution in [0.3, 0.4) is 0 Å². The maximum Gasteiger partial charge on any atom is 0.308 e. The number of esters is 1. The average molecular weight is 422 g/mol. The maximum absolute atomic E-state index is 13.0. The Morgan fingerprint density at radius 3 is 2.39 bits per heavy atom. The van der Waals surface area contributed by atoms with E-state index in [1.54, 1.807) is 0 Å². The minimum absolute atomic E-state index is 0.121. The van der Waals surface area contributed by atoms with Crippen LogP contribution in [-0.2, 0) is 14.3 Å². The highest BCUT2D eigenvalue weighted by Crippen LogP contribution is 2.31. The van der Waals surface area contributed by atoms with Crippen LogP contribution < -0.4 is 10.2 Å². The number of hydrogen-bond acceptors (Lipinski definition) is 7. The number of rotatable bonds is 5. The van der Waals surface area contributed by atoms with Crippen molar-refractivity contribution in [1.82, 2.24) is 15.3 Å². The fourth-order valence-electron chi connectivity index (χ4n) is 4.52. The Hall–Kier alpha value is -3.21. The standard InChI is InChI=1S/C23H27N5O3/c1-31-23(30)15-10-12-28(13-11-15)21-20(26-18-8-4-5-9-19(18)27-21)17(14-24)22(29)25-16-6-2-3-7-16/h4-5,8-9,15-17H,2-3,6-7,10-13H2,1H3,(H,25,29)/t17-/m0/s1. The summed E-state index contributed by atoms with van der Waals surface area (Å²) < 4.78 is 4.88. The minimum Gasteiger partial charge on any atom is -0.469 e. The van der Waals surface area contributed by atoms with E-state index in [0.717, 1.165) is 25.7 Å². The molecule has 8 nitrogen and oxygen atoms in total. The van der Waals surface area contributed by atoms with Crippen LogP contribution in [0.15, 0.2) is 24.3 Å². The monoisotopic (exact) mass is 421 g/mol. The Morgan fingerprint density at radius 1 is 1.13 bits per heavy atom. The second-order valence-corrected chi connectivity index (χ2v) is 8.26. The number of carbonyl (C=O) groups is 2. The van der Waals surface area contributed by atoms with E-state index in [1.165, 1.54) is 7.11 Å². The SMILES string of the molecule is COC(=O)C1CCN(c2nc3ccccc3nc2[C@H](C#N)C(=O)NC2CCCC2)CC1. The lowest BCUT2D eigenvalue weighted by Gasteiger charge is -2.33. The van der Waals surface area contributed by atoms with Gasteiger partial charge in [-0.2, -0.15) is 5.26 Å². The number of nitriles is 1. The molecule has 1 aliphatic heterocycles. The van der Waals surface area contributed by atoms with Crippen molar-refractivity contribution < 1.29 is 14.3 Å². The molecule has 0 spiro atoms. The zero-order valence-corrected chi connectivity index (χ0v) is 17.7. The minimum atomic E-state index is -1.04. The second kappa shape index (κ2) is 9.29. The number of hydrogen-bond donors (Lipinski definition) is 1. The van der Waals surface area contributed by atoms with Crippen molar-refractivity contribution in [3.05, 3.63) is 30.0 Å². The first kappa shape index (κ1) is 21.0. The van der Waals surface area contributed by atoms with E-state index in [0.29, 0.717) is 48.5 Å². The first-order chi connectivity index (χ1) is 15.1. The van der Waals surface area contributed by atoms with Crippen molar-refractivity contribution in [3.63, 3.8) is 0 Å². The molecule has 1 aromatic carbocycles. The molecule has 162 valence electrons. The molecule has 8 heteroatoms. The molecule has 1 amide bonds. The Balaban J connectivity index is 1.65. The normalized spacial score (nSPS) is 18.5. The van der Waals surface area contributed by atoms with Crippen molar-refractivity contribution in [3.8, 4) is 6.07 Å². The number of ether oxygens (including phenoxy) is 1. The molecule has 1 saturated carbocycles. The van der Waals surface area contributed by atoms with Crippen molar-refractivity contribution in [2.45, 2.75) is 50.5 Å². The summed E-state index contributed by atoms with van der Waals surface area (Å²) in [6.07, 6.45) is 5.34. The maximum atomic E-state index is 13.0. The number of benzene rings is 1. The number of nitrogens with zero attached hydrogens (tertiary/aromatic N) is 4. The van der Waals surface area contributed by atoms with Crippen LogP contribution in [0.2, 0.25) is 0 Å². The lowest BCUT2D eigenvalue weighted by molar-refractivity contribution is -0.146. The molecule has 31 heavy (non-hydrogen) atoms. The molecule has 1 atom stereocenters. The first-order valence-corrected chi connectivity index (χ1v) is 10.9. The fraction of sp³-hybridized carbons (Fsp3) is 0.522. The Labute approximate surface area is 181 Å². The molecule has 1 saturated heterocycles. The van der Waals surface area contributed by atoms with Gasteiger partial charge in [-0.3, -0.25) is 9.59 Å². The van der Waals surface area contributed by atoms with E-state index in [2.05, 4.69) is 11.4 Å². The van der Waals surface area contributed by atoms with Gasteiger partial charge in [0, 0.05) is 19.1 Å². The van der Waals surface area contributed by atoms with Gasteiger partial charge in [0.05, 0.1) is 30.1 Å². The van der Waals surface area contributed by atoms with Crippen molar-refractivity contribution in [1.29, 1.82) is 5.26 Å². The smallest absolute Gasteiger partial charge is 0.308 e. The number of methoxy groups -OCH3 is 1. The topological polar surface area (TPSA) is 108 Å². The molecule has 4 rings (SSSR count). The first-order valence-electron chi connectivity index (χ1n) is 10.9. The summed E-state index contributed by atoms with van der Waals surface area (Å²) in [7, 11) is 1.40. The van der Waals surface area contributed by atoms with Crippen LogP contribution in [0.25, 0.3) is 11.0 Å². The highest BCUT2D eigenvalue weighted by molar-refractivity contribution is 5.89. The lowest BCUT2D eigenvalue weighted by atomic mass is 9.96. The van der Waals surface area contributed by atoms with Gasteiger partial charge in [-0.25, -0.2) is 9.97 Å². The summed E-state index contributed by atoms with van der Waals surface area (Å²) in [5.41, 5.74) is 1.75. The van der Waals surface area contributed by atoms with Crippen molar-refractivity contribution >= 4 is 28.7 Å². The third-order valence-electron chi connectivity index (χ3n) is 6.27. The molecule has 2 fully saturated rings. The average Bonchev–Trinajstić information content (AvgIpc) is 3.31. The number of para-hydroxylation sites is 2. The molecule has 2 aliphatic rings. The van der Waals surface area contributed by atoms with E-state index >= 15 is 0 Å². The zero-order chi connectivity index (χ0) is 21.8. The number of nitrogens with one attached hydrogen (secondary N) is 1. The van der Waals surface area contributed by atoms with Crippen LogP contribution in [0, 0.1) is 17.2 Å². The molecule has 1 N–H and O–H groups in total. The van der Waals surface area contributed by atoms with E-state index in [1.807, 2.05) is 29.2 Å². The van der Waals surface area contributed by atoms with Gasteiger partial charge in [0.15, 0.2) is 11.7 Å². The number of carbonyl (C=O) groups excluding carboxylic acids is 2. The Morgan fingerprint density at radius 2 is 1.77 bits per heavy atom. The third kappa shape index (κ3) is 4.46. The molecular formula is C23H27N5O3. The fourth-order valence-corrected chi connectivity index (χ4v) is 4.52. The third-order valence-corrected chi connectivity index (χ3v) is 6.27. The van der Waals surface area contributed by atoms with Gasteiger partial charge < -0.3 is 15.0 Å². The van der Waals surface area contributed by atoms with Gasteiger partial charge in [0.1, 0.15) is 5.69 Å². The Kier molecular flexibility index (Phi) is 6.31. The number of piperidine rings is 1. The lowest BCUT2D eigenvalue weighted by Crippen LogP contribution is -2.40. The summed E-state index contributed by atoms with van der Waals surface area (Å²) in [6, 6.07) is 9.74. The molecule has 1 aliphatic carbocycles.